The summed E-state index contributed by atoms with van der Waals surface area (Å²) in [5.41, 5.74) is 2.15. The molecule has 23 heavy (non-hydrogen) atoms. The van der Waals surface area contributed by atoms with Gasteiger partial charge < -0.3 is 4.52 Å². The summed E-state index contributed by atoms with van der Waals surface area (Å²) in [6, 6.07) is 9.74. The van der Waals surface area contributed by atoms with Gasteiger partial charge in [0.2, 0.25) is 0 Å². The fourth-order valence-electron chi connectivity index (χ4n) is 1.96. The Balaban J connectivity index is 1.89. The van der Waals surface area contributed by atoms with Gasteiger partial charge in [-0.1, -0.05) is 16.8 Å². The van der Waals surface area contributed by atoms with Crippen LogP contribution in [0.15, 0.2) is 45.1 Å². The maximum Gasteiger partial charge on any atom is 0.271 e. The van der Waals surface area contributed by atoms with Crippen LogP contribution < -0.4 is 4.72 Å². The van der Waals surface area contributed by atoms with Crippen molar-refractivity contribution in [3.8, 4) is 10.6 Å². The minimum absolute atomic E-state index is 0.205. The van der Waals surface area contributed by atoms with Crippen molar-refractivity contribution >= 4 is 38.6 Å². The summed E-state index contributed by atoms with van der Waals surface area (Å²) < 4.78 is 32.9. The number of benzene rings is 1. The molecule has 0 saturated carbocycles. The molecule has 1 aromatic carbocycles. The van der Waals surface area contributed by atoms with E-state index in [4.69, 9.17) is 16.1 Å². The number of aromatic nitrogens is 1. The van der Waals surface area contributed by atoms with Gasteiger partial charge in [0.25, 0.3) is 10.0 Å². The fraction of sp³-hybridized carbons (Fsp3) is 0.133. The van der Waals surface area contributed by atoms with Gasteiger partial charge in [-0.3, -0.25) is 4.72 Å². The first kappa shape index (κ1) is 16.0. The minimum Gasteiger partial charge on any atom is -0.355 e. The minimum atomic E-state index is -3.66. The maximum atomic E-state index is 12.4. The van der Waals surface area contributed by atoms with E-state index >= 15 is 0 Å². The molecule has 0 fully saturated rings. The summed E-state index contributed by atoms with van der Waals surface area (Å²) in [7, 11) is -3.66. The molecule has 120 valence electrons. The number of rotatable bonds is 4. The van der Waals surface area contributed by atoms with E-state index < -0.39 is 10.0 Å². The molecule has 0 radical (unpaired) electrons. The van der Waals surface area contributed by atoms with E-state index in [0.717, 1.165) is 27.5 Å². The van der Waals surface area contributed by atoms with Gasteiger partial charge in [-0.15, -0.1) is 11.3 Å². The number of nitrogens with one attached hydrogen (secondary N) is 1. The molecule has 0 aliphatic rings. The summed E-state index contributed by atoms with van der Waals surface area (Å²) >= 11 is 6.93. The van der Waals surface area contributed by atoms with Crippen LogP contribution >= 0.6 is 22.9 Å². The van der Waals surface area contributed by atoms with Crippen molar-refractivity contribution in [3.05, 3.63) is 52.7 Å². The van der Waals surface area contributed by atoms with E-state index in [1.54, 1.807) is 36.4 Å². The molecule has 0 unspecified atom stereocenters. The van der Waals surface area contributed by atoms with E-state index in [2.05, 4.69) is 9.88 Å². The lowest BCUT2D eigenvalue weighted by Crippen LogP contribution is -2.11. The molecule has 1 N–H and O–H groups in total. The highest BCUT2D eigenvalue weighted by atomic mass is 35.5. The Kier molecular flexibility index (Phi) is 4.18. The van der Waals surface area contributed by atoms with Gasteiger partial charge in [-0.25, -0.2) is 8.42 Å². The molecule has 8 heteroatoms. The van der Waals surface area contributed by atoms with Gasteiger partial charge in [0.05, 0.1) is 10.6 Å². The molecule has 0 bridgehead atoms. The van der Waals surface area contributed by atoms with Crippen LogP contribution in [0.25, 0.3) is 10.6 Å². The zero-order valence-electron chi connectivity index (χ0n) is 12.3. The topological polar surface area (TPSA) is 72.2 Å². The van der Waals surface area contributed by atoms with Crippen molar-refractivity contribution in [2.45, 2.75) is 18.1 Å². The molecule has 2 aromatic heterocycles. The smallest absolute Gasteiger partial charge is 0.271 e. The number of thiophene rings is 1. The van der Waals surface area contributed by atoms with E-state index in [1.807, 2.05) is 13.8 Å². The van der Waals surface area contributed by atoms with Gasteiger partial charge in [-0.05, 0) is 50.2 Å². The van der Waals surface area contributed by atoms with Crippen molar-refractivity contribution < 1.29 is 12.9 Å². The molecular formula is C15H13ClN2O3S2. The number of nitrogens with zero attached hydrogens (tertiary/aromatic N) is 1. The van der Waals surface area contributed by atoms with Crippen molar-refractivity contribution in [2.24, 2.45) is 0 Å². The summed E-state index contributed by atoms with van der Waals surface area (Å²) in [5.74, 6) is 0.598. The third-order valence-corrected chi connectivity index (χ3v) is 6.53. The quantitative estimate of drug-likeness (QED) is 0.737. The summed E-state index contributed by atoms with van der Waals surface area (Å²) in [5, 5.41) is 4.44. The molecule has 0 saturated heterocycles. The van der Waals surface area contributed by atoms with Crippen molar-refractivity contribution in [1.29, 1.82) is 0 Å². The Hall–Kier alpha value is -1.83. The second-order valence-corrected chi connectivity index (χ2v) is 8.38. The third-order valence-electron chi connectivity index (χ3n) is 3.32. The van der Waals surface area contributed by atoms with Gasteiger partial charge in [0, 0.05) is 16.3 Å². The van der Waals surface area contributed by atoms with Crippen LogP contribution in [0.3, 0.4) is 0 Å². The first-order valence-electron chi connectivity index (χ1n) is 6.68. The van der Waals surface area contributed by atoms with Gasteiger partial charge in [0.15, 0.2) is 5.76 Å². The van der Waals surface area contributed by atoms with Gasteiger partial charge in [-0.2, -0.15) is 0 Å². The van der Waals surface area contributed by atoms with E-state index in [0.29, 0.717) is 16.5 Å². The van der Waals surface area contributed by atoms with Crippen molar-refractivity contribution in [2.75, 3.05) is 4.72 Å². The highest BCUT2D eigenvalue weighted by Gasteiger charge is 2.20. The lowest BCUT2D eigenvalue weighted by Gasteiger charge is -2.05. The molecule has 0 amide bonds. The Labute approximate surface area is 142 Å². The highest BCUT2D eigenvalue weighted by Crippen LogP contribution is 2.34. The molecule has 3 rings (SSSR count). The first-order valence-corrected chi connectivity index (χ1v) is 9.36. The van der Waals surface area contributed by atoms with Crippen LogP contribution in [0.1, 0.15) is 11.3 Å². The van der Waals surface area contributed by atoms with Crippen LogP contribution in [0.2, 0.25) is 5.02 Å². The Morgan fingerprint density at radius 2 is 1.83 bits per heavy atom. The number of sulfonamides is 1. The molecule has 5 nitrogen and oxygen atoms in total. The molecule has 0 aliphatic carbocycles. The number of hydrogen-bond acceptors (Lipinski definition) is 5. The molecule has 0 spiro atoms. The summed E-state index contributed by atoms with van der Waals surface area (Å²) in [6.07, 6.45) is 0. The van der Waals surface area contributed by atoms with Crippen LogP contribution in [0.4, 0.5) is 5.69 Å². The fourth-order valence-corrected chi connectivity index (χ4v) is 4.48. The van der Waals surface area contributed by atoms with Crippen LogP contribution in [-0.2, 0) is 10.0 Å². The second kappa shape index (κ2) is 5.99. The summed E-state index contributed by atoms with van der Waals surface area (Å²) in [6.45, 7) is 3.73. The average Bonchev–Trinajstić information content (AvgIpc) is 3.10. The van der Waals surface area contributed by atoms with Crippen LogP contribution in [-0.4, -0.2) is 13.6 Å². The zero-order valence-corrected chi connectivity index (χ0v) is 14.7. The monoisotopic (exact) mass is 368 g/mol. The van der Waals surface area contributed by atoms with E-state index in [9.17, 15) is 8.42 Å². The van der Waals surface area contributed by atoms with Crippen LogP contribution in [0, 0.1) is 13.8 Å². The number of aryl methyl sites for hydroxylation is 1. The number of anilines is 1. The molecule has 3 aromatic rings. The van der Waals surface area contributed by atoms with Crippen LogP contribution in [0.5, 0.6) is 0 Å². The van der Waals surface area contributed by atoms with E-state index in [-0.39, 0.29) is 4.21 Å². The third kappa shape index (κ3) is 3.26. The van der Waals surface area contributed by atoms with Gasteiger partial charge in [0.1, 0.15) is 4.21 Å². The SMILES string of the molecule is Cc1noc(-c2ccc(S(=O)(=O)Nc3ccc(Cl)cc3)s2)c1C. The second-order valence-electron chi connectivity index (χ2n) is 4.95. The van der Waals surface area contributed by atoms with Crippen molar-refractivity contribution in [1.82, 2.24) is 5.16 Å². The standard InChI is InChI=1S/C15H13ClN2O3S2/c1-9-10(2)17-21-15(9)13-7-8-14(22-13)23(19,20)18-12-5-3-11(16)4-6-12/h3-8,18H,1-2H3. The zero-order chi connectivity index (χ0) is 16.6. The lowest BCUT2D eigenvalue weighted by molar-refractivity contribution is 0.427. The molecule has 2 heterocycles. The predicted molar refractivity (Wildman–Crippen MR) is 91.6 cm³/mol. The average molecular weight is 369 g/mol. The largest absolute Gasteiger partial charge is 0.355 e. The van der Waals surface area contributed by atoms with Gasteiger partial charge >= 0.3 is 0 Å². The number of halogens is 1. The Morgan fingerprint density at radius 3 is 2.43 bits per heavy atom. The van der Waals surface area contributed by atoms with Crippen molar-refractivity contribution in [3.63, 3.8) is 0 Å². The lowest BCUT2D eigenvalue weighted by atomic mass is 10.2. The maximum absolute atomic E-state index is 12.4. The molecule has 0 atom stereocenters. The first-order chi connectivity index (χ1) is 10.9. The normalized spacial score (nSPS) is 11.6. The van der Waals surface area contributed by atoms with E-state index in [1.165, 1.54) is 0 Å². The Bertz CT molecular complexity index is 944. The molecular weight excluding hydrogens is 356 g/mol. The highest BCUT2D eigenvalue weighted by molar-refractivity contribution is 7.94. The Morgan fingerprint density at radius 1 is 1.13 bits per heavy atom. The molecule has 0 aliphatic heterocycles. The summed E-state index contributed by atoms with van der Waals surface area (Å²) in [4.78, 5) is 0.722. The predicted octanol–water partition coefficient (Wildman–Crippen LogP) is 4.47. The number of hydrogen-bond donors (Lipinski definition) is 1.